The van der Waals surface area contributed by atoms with E-state index in [0.717, 1.165) is 5.56 Å². The number of nitro benzene ring substituents is 1. The van der Waals surface area contributed by atoms with Gasteiger partial charge in [0.1, 0.15) is 5.69 Å². The molecular weight excluding hydrogens is 371 g/mol. The normalized spacial score (nSPS) is 11.0. The number of benzene rings is 2. The number of hydrazone groups is 1. The van der Waals surface area contributed by atoms with Crippen molar-refractivity contribution in [3.05, 3.63) is 68.2 Å². The highest BCUT2D eigenvalue weighted by molar-refractivity contribution is 7.80. The van der Waals surface area contributed by atoms with Crippen LogP contribution < -0.4 is 10.7 Å². The van der Waals surface area contributed by atoms with E-state index in [1.807, 2.05) is 0 Å². The van der Waals surface area contributed by atoms with Crippen molar-refractivity contribution < 1.29 is 4.92 Å². The Morgan fingerprint density at radius 1 is 1.21 bits per heavy atom. The van der Waals surface area contributed by atoms with Crippen LogP contribution in [-0.2, 0) is 0 Å². The number of rotatable bonds is 4. The van der Waals surface area contributed by atoms with Crippen LogP contribution in [0, 0.1) is 10.1 Å². The molecule has 2 rings (SSSR count). The van der Waals surface area contributed by atoms with Gasteiger partial charge in [-0.3, -0.25) is 15.5 Å². The van der Waals surface area contributed by atoms with Gasteiger partial charge >= 0.3 is 0 Å². The van der Waals surface area contributed by atoms with Crippen molar-refractivity contribution in [3.63, 3.8) is 0 Å². The summed E-state index contributed by atoms with van der Waals surface area (Å²) in [5.74, 6) is 0. The second-order valence-electron chi connectivity index (χ2n) is 4.67. The van der Waals surface area contributed by atoms with E-state index in [4.69, 9.17) is 35.4 Å². The minimum atomic E-state index is -0.491. The van der Waals surface area contributed by atoms with E-state index >= 15 is 0 Å². The molecular formula is C15H12Cl2N4O2S. The molecule has 9 heteroatoms. The molecule has 0 radical (unpaired) electrons. The second-order valence-corrected chi connectivity index (χ2v) is 5.89. The molecule has 2 aromatic carbocycles. The minimum absolute atomic E-state index is 0.0770. The second kappa shape index (κ2) is 8.05. The average molecular weight is 383 g/mol. The standard InChI is InChI=1S/C15H12Cl2N4O2S/c1-9(10-6-7-11(16)12(17)8-10)19-20-15(24)18-13-4-2-3-5-14(13)21(22)23/h2-8H,1H3,(H2,18,20,24)/b19-9-. The van der Waals surface area contributed by atoms with Gasteiger partial charge in [-0.2, -0.15) is 5.10 Å². The zero-order chi connectivity index (χ0) is 17.7. The van der Waals surface area contributed by atoms with E-state index in [9.17, 15) is 10.1 Å². The van der Waals surface area contributed by atoms with Gasteiger partial charge < -0.3 is 5.32 Å². The highest BCUT2D eigenvalue weighted by Crippen LogP contribution is 2.24. The number of anilines is 1. The summed E-state index contributed by atoms with van der Waals surface area (Å²) in [6.07, 6.45) is 0. The number of hydrogen-bond acceptors (Lipinski definition) is 4. The fraction of sp³-hybridized carbons (Fsp3) is 0.0667. The van der Waals surface area contributed by atoms with Crippen molar-refractivity contribution in [2.75, 3.05) is 5.32 Å². The Morgan fingerprint density at radius 3 is 2.58 bits per heavy atom. The Labute approximate surface area is 153 Å². The lowest BCUT2D eigenvalue weighted by atomic mass is 10.1. The smallest absolute Gasteiger partial charge is 0.292 e. The van der Waals surface area contributed by atoms with E-state index in [2.05, 4.69) is 15.8 Å². The molecule has 6 nitrogen and oxygen atoms in total. The Kier molecular flexibility index (Phi) is 6.08. The van der Waals surface area contributed by atoms with Crippen LogP contribution in [0.1, 0.15) is 12.5 Å². The highest BCUT2D eigenvalue weighted by atomic mass is 35.5. The number of halogens is 2. The maximum atomic E-state index is 11.0. The fourth-order valence-corrected chi connectivity index (χ4v) is 2.26. The van der Waals surface area contributed by atoms with Crippen LogP contribution in [0.2, 0.25) is 10.0 Å². The summed E-state index contributed by atoms with van der Waals surface area (Å²) in [5.41, 5.74) is 4.24. The Balaban J connectivity index is 2.07. The lowest BCUT2D eigenvalue weighted by Gasteiger charge is -2.08. The largest absolute Gasteiger partial charge is 0.326 e. The van der Waals surface area contributed by atoms with Crippen molar-refractivity contribution in [1.82, 2.24) is 5.43 Å². The monoisotopic (exact) mass is 382 g/mol. The molecule has 0 unspecified atom stereocenters. The molecule has 2 aromatic rings. The van der Waals surface area contributed by atoms with Crippen molar-refractivity contribution in [2.24, 2.45) is 5.10 Å². The molecule has 0 aliphatic heterocycles. The number of para-hydroxylation sites is 2. The van der Waals surface area contributed by atoms with Crippen LogP contribution in [0.25, 0.3) is 0 Å². The minimum Gasteiger partial charge on any atom is -0.326 e. The van der Waals surface area contributed by atoms with Crippen molar-refractivity contribution in [1.29, 1.82) is 0 Å². The Hall–Kier alpha value is -2.22. The van der Waals surface area contributed by atoms with Gasteiger partial charge in [0.15, 0.2) is 5.11 Å². The van der Waals surface area contributed by atoms with E-state index in [-0.39, 0.29) is 16.5 Å². The molecule has 0 amide bonds. The number of hydrogen-bond donors (Lipinski definition) is 2. The van der Waals surface area contributed by atoms with E-state index < -0.39 is 4.92 Å². The van der Waals surface area contributed by atoms with Gasteiger partial charge in [0.2, 0.25) is 0 Å². The average Bonchev–Trinajstić information content (AvgIpc) is 2.55. The first-order valence-electron chi connectivity index (χ1n) is 6.68. The number of thiocarbonyl (C=S) groups is 1. The number of nitrogens with zero attached hydrogens (tertiary/aromatic N) is 2. The maximum absolute atomic E-state index is 11.0. The van der Waals surface area contributed by atoms with Crippen LogP contribution in [0.4, 0.5) is 11.4 Å². The topological polar surface area (TPSA) is 79.6 Å². The molecule has 0 heterocycles. The van der Waals surface area contributed by atoms with Crippen LogP contribution in [-0.4, -0.2) is 15.7 Å². The summed E-state index contributed by atoms with van der Waals surface area (Å²) in [6.45, 7) is 1.76. The third-order valence-corrected chi connectivity index (χ3v) is 3.94. The molecule has 24 heavy (non-hydrogen) atoms. The molecule has 0 saturated heterocycles. The molecule has 0 aliphatic carbocycles. The van der Waals surface area contributed by atoms with Crippen LogP contribution >= 0.6 is 35.4 Å². The molecule has 2 N–H and O–H groups in total. The molecule has 0 spiro atoms. The molecule has 0 aromatic heterocycles. The quantitative estimate of drug-likeness (QED) is 0.349. The highest BCUT2D eigenvalue weighted by Gasteiger charge is 2.13. The first kappa shape index (κ1) is 18.1. The summed E-state index contributed by atoms with van der Waals surface area (Å²) >= 11 is 16.9. The Bertz CT molecular complexity index is 827. The van der Waals surface area contributed by atoms with E-state index in [0.29, 0.717) is 15.8 Å². The van der Waals surface area contributed by atoms with Crippen molar-refractivity contribution in [2.45, 2.75) is 6.92 Å². The summed E-state index contributed by atoms with van der Waals surface area (Å²) in [7, 11) is 0. The zero-order valence-electron chi connectivity index (χ0n) is 12.4. The summed E-state index contributed by atoms with van der Waals surface area (Å²) < 4.78 is 0. The van der Waals surface area contributed by atoms with E-state index in [1.165, 1.54) is 6.07 Å². The summed E-state index contributed by atoms with van der Waals surface area (Å²) in [6, 6.07) is 11.3. The predicted octanol–water partition coefficient (Wildman–Crippen LogP) is 4.61. The van der Waals surface area contributed by atoms with E-state index in [1.54, 1.807) is 43.3 Å². The van der Waals surface area contributed by atoms with Crippen LogP contribution in [0.3, 0.4) is 0 Å². The van der Waals surface area contributed by atoms with Gasteiger partial charge in [-0.25, -0.2) is 0 Å². The Morgan fingerprint density at radius 2 is 1.92 bits per heavy atom. The number of nitrogens with one attached hydrogen (secondary N) is 2. The zero-order valence-corrected chi connectivity index (χ0v) is 14.7. The van der Waals surface area contributed by atoms with Gasteiger partial charge in [0, 0.05) is 6.07 Å². The van der Waals surface area contributed by atoms with Gasteiger partial charge in [0.25, 0.3) is 5.69 Å². The number of nitro groups is 1. The lowest BCUT2D eigenvalue weighted by molar-refractivity contribution is -0.383. The molecule has 124 valence electrons. The van der Waals surface area contributed by atoms with Gasteiger partial charge in [0.05, 0.1) is 20.7 Å². The van der Waals surface area contributed by atoms with Crippen LogP contribution in [0.5, 0.6) is 0 Å². The molecule has 0 saturated carbocycles. The molecule has 0 bridgehead atoms. The van der Waals surface area contributed by atoms with Crippen molar-refractivity contribution >= 4 is 57.6 Å². The van der Waals surface area contributed by atoms with Gasteiger partial charge in [-0.05, 0) is 42.9 Å². The van der Waals surface area contributed by atoms with Crippen LogP contribution in [0.15, 0.2) is 47.6 Å². The fourth-order valence-electron chi connectivity index (χ4n) is 1.81. The maximum Gasteiger partial charge on any atom is 0.292 e. The summed E-state index contributed by atoms with van der Waals surface area (Å²) in [4.78, 5) is 10.5. The first-order chi connectivity index (χ1) is 11.4. The first-order valence-corrected chi connectivity index (χ1v) is 7.85. The third-order valence-electron chi connectivity index (χ3n) is 3.01. The molecule has 0 fully saturated rings. The molecule has 0 aliphatic rings. The predicted molar refractivity (Wildman–Crippen MR) is 101 cm³/mol. The lowest BCUT2D eigenvalue weighted by Crippen LogP contribution is -2.25. The van der Waals surface area contributed by atoms with Gasteiger partial charge in [-0.15, -0.1) is 0 Å². The molecule has 0 atom stereocenters. The third kappa shape index (κ3) is 4.64. The SMILES string of the molecule is C/C(=N/NC(=S)Nc1ccccc1[N+](=O)[O-])c1ccc(Cl)c(Cl)c1. The van der Waals surface area contributed by atoms with Crippen molar-refractivity contribution in [3.8, 4) is 0 Å². The summed E-state index contributed by atoms with van der Waals surface area (Å²) in [5, 5.41) is 18.8. The van der Waals surface area contributed by atoms with Gasteiger partial charge in [-0.1, -0.05) is 41.4 Å².